The maximum Gasteiger partial charge on any atom is 0.255 e. The lowest BCUT2D eigenvalue weighted by atomic mass is 9.74. The highest BCUT2D eigenvalue weighted by molar-refractivity contribution is 7.13. The Balaban J connectivity index is 1.39. The molecule has 1 amide bonds. The van der Waals surface area contributed by atoms with Gasteiger partial charge in [-0.05, 0) is 59.7 Å². The van der Waals surface area contributed by atoms with Crippen LogP contribution in [0, 0.1) is 0 Å². The summed E-state index contributed by atoms with van der Waals surface area (Å²) in [6.45, 7) is 1.42. The molecule has 3 heterocycles. The van der Waals surface area contributed by atoms with E-state index in [9.17, 15) is 4.79 Å². The summed E-state index contributed by atoms with van der Waals surface area (Å²) in [5.74, 6) is -0.179. The van der Waals surface area contributed by atoms with Crippen molar-refractivity contribution in [2.24, 2.45) is 0 Å². The van der Waals surface area contributed by atoms with E-state index >= 15 is 0 Å². The molecule has 2 aromatic carbocycles. The van der Waals surface area contributed by atoms with Gasteiger partial charge >= 0.3 is 0 Å². The molecule has 7 heteroatoms. The van der Waals surface area contributed by atoms with Crippen molar-refractivity contribution < 1.29 is 9.53 Å². The highest BCUT2D eigenvalue weighted by atomic mass is 32.1. The Bertz CT molecular complexity index is 1200. The van der Waals surface area contributed by atoms with E-state index < -0.39 is 0 Å². The van der Waals surface area contributed by atoms with Crippen LogP contribution >= 0.6 is 22.7 Å². The van der Waals surface area contributed by atoms with E-state index in [-0.39, 0.29) is 11.3 Å². The van der Waals surface area contributed by atoms with Crippen LogP contribution in [-0.4, -0.2) is 24.1 Å². The van der Waals surface area contributed by atoms with Crippen LogP contribution in [0.1, 0.15) is 33.8 Å². The molecule has 3 N–H and O–H groups in total. The molecule has 1 aliphatic heterocycles. The third-order valence-electron chi connectivity index (χ3n) is 5.99. The number of nitrogens with two attached hydrogens (primary N) is 1. The van der Waals surface area contributed by atoms with Crippen LogP contribution in [0.4, 0.5) is 11.4 Å². The predicted octanol–water partition coefficient (Wildman–Crippen LogP) is 5.80. The van der Waals surface area contributed by atoms with Gasteiger partial charge < -0.3 is 15.8 Å². The fourth-order valence-electron chi connectivity index (χ4n) is 4.20. The lowest BCUT2D eigenvalue weighted by Crippen LogP contribution is -2.35. The lowest BCUT2D eigenvalue weighted by Gasteiger charge is -2.36. The van der Waals surface area contributed by atoms with E-state index in [4.69, 9.17) is 10.5 Å². The number of thiophene rings is 1. The summed E-state index contributed by atoms with van der Waals surface area (Å²) < 4.78 is 5.62. The van der Waals surface area contributed by atoms with Gasteiger partial charge in [0.2, 0.25) is 0 Å². The zero-order chi connectivity index (χ0) is 22.0. The summed E-state index contributed by atoms with van der Waals surface area (Å²) in [6, 6.07) is 17.6. The number of ether oxygens (including phenoxy) is 1. The Labute approximate surface area is 194 Å². The first-order valence-electron chi connectivity index (χ1n) is 10.5. The summed E-state index contributed by atoms with van der Waals surface area (Å²) in [5.41, 5.74) is 9.94. The van der Waals surface area contributed by atoms with Gasteiger partial charge in [-0.1, -0.05) is 24.3 Å². The van der Waals surface area contributed by atoms with Crippen molar-refractivity contribution in [1.82, 2.24) is 4.98 Å². The average Bonchev–Trinajstić information content (AvgIpc) is 3.56. The van der Waals surface area contributed by atoms with Crippen LogP contribution in [0.15, 0.2) is 71.6 Å². The highest BCUT2D eigenvalue weighted by Crippen LogP contribution is 2.42. The van der Waals surface area contributed by atoms with Gasteiger partial charge in [0.1, 0.15) is 5.01 Å². The molecule has 1 fully saturated rings. The van der Waals surface area contributed by atoms with Crippen molar-refractivity contribution in [3.8, 4) is 10.4 Å². The van der Waals surface area contributed by atoms with E-state index in [1.807, 2.05) is 65.5 Å². The van der Waals surface area contributed by atoms with Gasteiger partial charge in [0.25, 0.3) is 5.91 Å². The smallest absolute Gasteiger partial charge is 0.255 e. The van der Waals surface area contributed by atoms with E-state index in [0.29, 0.717) is 30.2 Å². The number of benzene rings is 2. The van der Waals surface area contributed by atoms with Crippen molar-refractivity contribution >= 4 is 40.0 Å². The van der Waals surface area contributed by atoms with Crippen molar-refractivity contribution in [3.63, 3.8) is 0 Å². The second kappa shape index (κ2) is 8.86. The van der Waals surface area contributed by atoms with Crippen molar-refractivity contribution in [1.29, 1.82) is 0 Å². The molecule has 1 aliphatic rings. The molecule has 5 nitrogen and oxygen atoms in total. The molecular formula is C25H23N3O2S2. The van der Waals surface area contributed by atoms with Gasteiger partial charge in [-0.25, -0.2) is 4.98 Å². The fourth-order valence-corrected chi connectivity index (χ4v) is 5.85. The second-order valence-electron chi connectivity index (χ2n) is 7.84. The molecule has 162 valence electrons. The largest absolute Gasteiger partial charge is 0.397 e. The maximum absolute atomic E-state index is 13.0. The minimum absolute atomic E-state index is 0.152. The standard InChI is InChI=1S/C25H23N3O2S2/c26-20-8-5-18(22-2-1-14-31-22)16-21(20)28-23(29)17-3-6-19(7-4-17)25(9-12-30-13-10-25)24-27-11-15-32-24/h1-8,11,14-16H,9-10,12-13,26H2,(H,28,29). The number of hydrogen-bond acceptors (Lipinski definition) is 6. The SMILES string of the molecule is Nc1ccc(-c2cccs2)cc1NC(=O)c1ccc(C2(c3nccs3)CCOCC2)cc1. The number of hydrogen-bond donors (Lipinski definition) is 2. The van der Waals surface area contributed by atoms with E-state index in [0.717, 1.165) is 28.3 Å². The molecule has 0 bridgehead atoms. The van der Waals surface area contributed by atoms with Crippen LogP contribution in [0.25, 0.3) is 10.4 Å². The lowest BCUT2D eigenvalue weighted by molar-refractivity contribution is 0.0630. The molecule has 0 saturated carbocycles. The first kappa shape index (κ1) is 20.9. The third kappa shape index (κ3) is 3.95. The Kier molecular flexibility index (Phi) is 5.78. The molecule has 0 aliphatic carbocycles. The molecule has 2 aromatic heterocycles. The zero-order valence-corrected chi connectivity index (χ0v) is 19.0. The highest BCUT2D eigenvalue weighted by Gasteiger charge is 2.38. The zero-order valence-electron chi connectivity index (χ0n) is 17.4. The number of anilines is 2. The number of aromatic nitrogens is 1. The number of carbonyl (C=O) groups excluding carboxylic acids is 1. The molecule has 0 spiro atoms. The van der Waals surface area contributed by atoms with Gasteiger partial charge in [-0.3, -0.25) is 4.79 Å². The number of thiazole rings is 1. The summed E-state index contributed by atoms with van der Waals surface area (Å²) in [6.07, 6.45) is 3.63. The predicted molar refractivity (Wildman–Crippen MR) is 132 cm³/mol. The molecule has 1 saturated heterocycles. The van der Waals surface area contributed by atoms with E-state index in [1.165, 1.54) is 5.56 Å². The fraction of sp³-hybridized carbons (Fsp3) is 0.200. The maximum atomic E-state index is 13.0. The molecule has 4 aromatic rings. The van der Waals surface area contributed by atoms with Crippen LogP contribution in [0.2, 0.25) is 0 Å². The molecule has 5 rings (SSSR count). The molecule has 0 unspecified atom stereocenters. The number of nitrogen functional groups attached to an aromatic ring is 1. The summed E-state index contributed by atoms with van der Waals surface area (Å²) >= 11 is 3.33. The monoisotopic (exact) mass is 461 g/mol. The van der Waals surface area contributed by atoms with E-state index in [1.54, 1.807) is 22.7 Å². The van der Waals surface area contributed by atoms with Gasteiger partial charge in [-0.15, -0.1) is 22.7 Å². The number of nitrogens with zero attached hydrogens (tertiary/aromatic N) is 1. The molecule has 0 atom stereocenters. The van der Waals surface area contributed by atoms with Crippen molar-refractivity contribution in [2.45, 2.75) is 18.3 Å². The Morgan fingerprint density at radius 3 is 2.53 bits per heavy atom. The minimum Gasteiger partial charge on any atom is -0.397 e. The number of amides is 1. The summed E-state index contributed by atoms with van der Waals surface area (Å²) in [5, 5.41) is 8.13. The molecular weight excluding hydrogens is 438 g/mol. The number of nitrogens with one attached hydrogen (secondary N) is 1. The van der Waals surface area contributed by atoms with Crippen LogP contribution < -0.4 is 11.1 Å². The summed E-state index contributed by atoms with van der Waals surface area (Å²) in [4.78, 5) is 18.7. The normalized spacial score (nSPS) is 15.4. The van der Waals surface area contributed by atoms with Crippen molar-refractivity contribution in [3.05, 3.63) is 87.7 Å². The first-order chi connectivity index (χ1) is 15.7. The molecule has 32 heavy (non-hydrogen) atoms. The number of carbonyl (C=O) groups is 1. The average molecular weight is 462 g/mol. The number of rotatable bonds is 5. The third-order valence-corrected chi connectivity index (χ3v) is 7.89. The van der Waals surface area contributed by atoms with Gasteiger partial charge in [0.15, 0.2) is 0 Å². The second-order valence-corrected chi connectivity index (χ2v) is 9.68. The van der Waals surface area contributed by atoms with Crippen LogP contribution in [0.5, 0.6) is 0 Å². The van der Waals surface area contributed by atoms with Gasteiger partial charge in [0.05, 0.1) is 16.8 Å². The van der Waals surface area contributed by atoms with E-state index in [2.05, 4.69) is 16.4 Å². The summed E-state index contributed by atoms with van der Waals surface area (Å²) in [7, 11) is 0. The minimum atomic E-state index is -0.179. The molecule has 0 radical (unpaired) electrons. The Morgan fingerprint density at radius 1 is 1.03 bits per heavy atom. The van der Waals surface area contributed by atoms with Gasteiger partial charge in [-0.2, -0.15) is 0 Å². The van der Waals surface area contributed by atoms with Crippen LogP contribution in [-0.2, 0) is 10.2 Å². The van der Waals surface area contributed by atoms with Gasteiger partial charge in [0, 0.05) is 35.2 Å². The van der Waals surface area contributed by atoms with Crippen molar-refractivity contribution in [2.75, 3.05) is 24.3 Å². The Morgan fingerprint density at radius 2 is 1.84 bits per heavy atom. The quantitative estimate of drug-likeness (QED) is 0.368. The first-order valence-corrected chi connectivity index (χ1v) is 12.2. The van der Waals surface area contributed by atoms with Crippen LogP contribution in [0.3, 0.4) is 0 Å². The topological polar surface area (TPSA) is 77.2 Å². The Hall–Kier alpha value is -3.00.